The standard InChI is InChI=1S/C28H27BrClN3O5/c1-5-36-24-14-19(25(29)26(30)27(24)35-4)15-31-32-28(34)23-13-12-22(38-23)16-37-21-10-8-20(9-11-21)33-17(2)6-7-18(33)3/h6-15H,5,16H2,1-4H3,(H,32,34)/b31-15+. The van der Waals surface area contributed by atoms with Crippen molar-refractivity contribution < 1.29 is 23.4 Å². The molecule has 0 aliphatic heterocycles. The number of aromatic nitrogens is 1. The summed E-state index contributed by atoms with van der Waals surface area (Å²) in [6.07, 6.45) is 1.45. The van der Waals surface area contributed by atoms with Crippen LogP contribution in [0.3, 0.4) is 0 Å². The highest BCUT2D eigenvalue weighted by atomic mass is 79.9. The molecule has 2 aromatic carbocycles. The Kier molecular flexibility index (Phi) is 8.81. The van der Waals surface area contributed by atoms with E-state index < -0.39 is 5.91 Å². The van der Waals surface area contributed by atoms with Gasteiger partial charge in [-0.15, -0.1) is 0 Å². The molecule has 0 aliphatic rings. The fourth-order valence-corrected chi connectivity index (χ4v) is 4.54. The number of benzene rings is 2. The first-order chi connectivity index (χ1) is 18.3. The second-order valence-corrected chi connectivity index (χ2v) is 9.43. The van der Waals surface area contributed by atoms with Crippen LogP contribution in [0.5, 0.6) is 17.2 Å². The maximum Gasteiger partial charge on any atom is 0.307 e. The van der Waals surface area contributed by atoms with Gasteiger partial charge in [0.25, 0.3) is 0 Å². The van der Waals surface area contributed by atoms with Crippen molar-refractivity contribution in [1.82, 2.24) is 9.99 Å². The predicted molar refractivity (Wildman–Crippen MR) is 150 cm³/mol. The minimum Gasteiger partial charge on any atom is -0.491 e. The number of carbonyl (C=O) groups excluding carboxylic acids is 1. The van der Waals surface area contributed by atoms with E-state index in [9.17, 15) is 4.79 Å². The van der Waals surface area contributed by atoms with Crippen molar-refractivity contribution in [2.75, 3.05) is 13.7 Å². The number of nitrogens with one attached hydrogen (secondary N) is 1. The molecule has 2 heterocycles. The minimum atomic E-state index is -0.505. The lowest BCUT2D eigenvalue weighted by Crippen LogP contribution is -2.16. The highest BCUT2D eigenvalue weighted by molar-refractivity contribution is 9.10. The number of carbonyl (C=O) groups is 1. The molecule has 1 N–H and O–H groups in total. The van der Waals surface area contributed by atoms with E-state index in [1.807, 2.05) is 31.2 Å². The fraction of sp³-hybridized carbons (Fsp3) is 0.214. The number of hydrazone groups is 1. The van der Waals surface area contributed by atoms with E-state index in [1.54, 1.807) is 18.2 Å². The zero-order valence-corrected chi connectivity index (χ0v) is 23.7. The molecule has 0 bridgehead atoms. The summed E-state index contributed by atoms with van der Waals surface area (Å²) in [6, 6.07) is 16.9. The second-order valence-electron chi connectivity index (χ2n) is 8.26. The van der Waals surface area contributed by atoms with E-state index in [4.69, 9.17) is 30.2 Å². The molecule has 0 atom stereocenters. The quantitative estimate of drug-likeness (QED) is 0.159. The van der Waals surface area contributed by atoms with E-state index in [1.165, 1.54) is 13.3 Å². The fourth-order valence-electron chi connectivity index (χ4n) is 3.87. The maximum atomic E-state index is 12.5. The molecule has 0 saturated heterocycles. The first-order valence-electron chi connectivity index (χ1n) is 11.8. The zero-order chi connectivity index (χ0) is 27.2. The summed E-state index contributed by atoms with van der Waals surface area (Å²) >= 11 is 9.79. The number of halogens is 2. The van der Waals surface area contributed by atoms with Crippen LogP contribution in [0.4, 0.5) is 0 Å². The number of nitrogens with zero attached hydrogens (tertiary/aromatic N) is 2. The Hall–Kier alpha value is -3.69. The van der Waals surface area contributed by atoms with Gasteiger partial charge in [0, 0.05) is 27.1 Å². The minimum absolute atomic E-state index is 0.108. The Morgan fingerprint density at radius 1 is 1.11 bits per heavy atom. The average Bonchev–Trinajstić information content (AvgIpc) is 3.52. The average molecular weight is 601 g/mol. The molecule has 0 unspecified atom stereocenters. The number of hydrogen-bond donors (Lipinski definition) is 1. The highest BCUT2D eigenvalue weighted by Gasteiger charge is 2.17. The monoisotopic (exact) mass is 599 g/mol. The molecule has 0 radical (unpaired) electrons. The summed E-state index contributed by atoms with van der Waals surface area (Å²) in [6.45, 7) is 6.60. The van der Waals surface area contributed by atoms with Gasteiger partial charge >= 0.3 is 5.91 Å². The molecule has 0 fully saturated rings. The highest BCUT2D eigenvalue weighted by Crippen LogP contribution is 2.42. The molecule has 0 aliphatic carbocycles. The number of furan rings is 1. The molecule has 0 saturated carbocycles. The Morgan fingerprint density at radius 2 is 1.82 bits per heavy atom. The van der Waals surface area contributed by atoms with E-state index in [2.05, 4.69) is 57.0 Å². The molecule has 10 heteroatoms. The first kappa shape index (κ1) is 27.3. The SMILES string of the molecule is CCOc1cc(/C=N/NC(=O)c2ccc(COc3ccc(-n4c(C)ccc4C)cc3)o2)c(Br)c(Cl)c1OC. The van der Waals surface area contributed by atoms with Crippen LogP contribution in [-0.4, -0.2) is 30.4 Å². The van der Waals surface area contributed by atoms with Gasteiger partial charge < -0.3 is 23.2 Å². The summed E-state index contributed by atoms with van der Waals surface area (Å²) in [5.74, 6) is 1.68. The maximum absolute atomic E-state index is 12.5. The smallest absolute Gasteiger partial charge is 0.307 e. The van der Waals surface area contributed by atoms with Gasteiger partial charge in [0.1, 0.15) is 23.1 Å². The topological polar surface area (TPSA) is 87.2 Å². The van der Waals surface area contributed by atoms with Crippen LogP contribution >= 0.6 is 27.5 Å². The van der Waals surface area contributed by atoms with Crippen LogP contribution in [0, 0.1) is 13.8 Å². The van der Waals surface area contributed by atoms with Gasteiger partial charge in [0.2, 0.25) is 0 Å². The van der Waals surface area contributed by atoms with Crippen molar-refractivity contribution in [3.8, 4) is 22.9 Å². The van der Waals surface area contributed by atoms with Crippen LogP contribution in [0.2, 0.25) is 5.02 Å². The summed E-state index contributed by atoms with van der Waals surface area (Å²) in [4.78, 5) is 12.5. The number of hydrogen-bond acceptors (Lipinski definition) is 6. The number of ether oxygens (including phenoxy) is 3. The number of aryl methyl sites for hydroxylation is 2. The van der Waals surface area contributed by atoms with Gasteiger partial charge in [-0.1, -0.05) is 11.6 Å². The van der Waals surface area contributed by atoms with Crippen LogP contribution in [0.15, 0.2) is 68.6 Å². The Morgan fingerprint density at radius 3 is 2.47 bits per heavy atom. The lowest BCUT2D eigenvalue weighted by atomic mass is 10.2. The summed E-state index contributed by atoms with van der Waals surface area (Å²) in [5.41, 5.74) is 6.44. The van der Waals surface area contributed by atoms with Crippen LogP contribution in [0.25, 0.3) is 5.69 Å². The second kappa shape index (κ2) is 12.2. The van der Waals surface area contributed by atoms with Crippen LogP contribution in [0.1, 0.15) is 40.2 Å². The van der Waals surface area contributed by atoms with Gasteiger partial charge in [-0.2, -0.15) is 5.10 Å². The van der Waals surface area contributed by atoms with Crippen molar-refractivity contribution in [1.29, 1.82) is 0 Å². The molecule has 4 aromatic rings. The largest absolute Gasteiger partial charge is 0.491 e. The molecular weight excluding hydrogens is 574 g/mol. The lowest BCUT2D eigenvalue weighted by molar-refractivity contribution is 0.0923. The molecule has 0 spiro atoms. The van der Waals surface area contributed by atoms with Crippen molar-refractivity contribution in [2.45, 2.75) is 27.4 Å². The summed E-state index contributed by atoms with van der Waals surface area (Å²) in [5, 5.41) is 4.36. The van der Waals surface area contributed by atoms with Crippen LogP contribution < -0.4 is 19.6 Å². The molecule has 2 aromatic heterocycles. The number of methoxy groups -OCH3 is 1. The number of rotatable bonds is 10. The van der Waals surface area contributed by atoms with Crippen LogP contribution in [-0.2, 0) is 6.61 Å². The molecule has 4 rings (SSSR count). The lowest BCUT2D eigenvalue weighted by Gasteiger charge is -2.13. The third-order valence-electron chi connectivity index (χ3n) is 5.66. The van der Waals surface area contributed by atoms with E-state index in [-0.39, 0.29) is 12.4 Å². The van der Waals surface area contributed by atoms with Gasteiger partial charge in [-0.05, 0) is 91.3 Å². The third kappa shape index (κ3) is 6.06. The summed E-state index contributed by atoms with van der Waals surface area (Å²) in [7, 11) is 1.51. The predicted octanol–water partition coefficient (Wildman–Crippen LogP) is 6.85. The molecule has 8 nitrogen and oxygen atoms in total. The van der Waals surface area contributed by atoms with E-state index >= 15 is 0 Å². The number of amides is 1. The van der Waals surface area contributed by atoms with Crippen molar-refractivity contribution in [2.24, 2.45) is 5.10 Å². The molecular formula is C28H27BrClN3O5. The van der Waals surface area contributed by atoms with E-state index in [0.29, 0.717) is 44.7 Å². The summed E-state index contributed by atoms with van der Waals surface area (Å²) < 4.78 is 25.1. The van der Waals surface area contributed by atoms with Gasteiger partial charge in [0.05, 0.1) is 19.9 Å². The normalized spacial score (nSPS) is 11.1. The van der Waals surface area contributed by atoms with Crippen molar-refractivity contribution >= 4 is 39.7 Å². The molecule has 198 valence electrons. The Labute approximate surface area is 234 Å². The Bertz CT molecular complexity index is 1440. The van der Waals surface area contributed by atoms with Gasteiger partial charge in [0.15, 0.2) is 17.3 Å². The van der Waals surface area contributed by atoms with Gasteiger partial charge in [-0.3, -0.25) is 4.79 Å². The molecule has 38 heavy (non-hydrogen) atoms. The van der Waals surface area contributed by atoms with E-state index in [0.717, 1.165) is 17.1 Å². The van der Waals surface area contributed by atoms with Crippen molar-refractivity contribution in [3.63, 3.8) is 0 Å². The third-order valence-corrected chi connectivity index (χ3v) is 7.11. The first-order valence-corrected chi connectivity index (χ1v) is 13.0. The zero-order valence-electron chi connectivity index (χ0n) is 21.4. The Balaban J connectivity index is 1.35. The van der Waals surface area contributed by atoms with Gasteiger partial charge in [-0.25, -0.2) is 5.43 Å². The molecule has 1 amide bonds. The van der Waals surface area contributed by atoms with Crippen molar-refractivity contribution in [3.05, 3.63) is 92.6 Å².